The summed E-state index contributed by atoms with van der Waals surface area (Å²) in [6, 6.07) is 0. The molecule has 0 aromatic carbocycles. The molecule has 2 N–H and O–H groups in total. The van der Waals surface area contributed by atoms with Crippen molar-refractivity contribution in [2.24, 2.45) is 10.7 Å². The zero-order chi connectivity index (χ0) is 17.2. The van der Waals surface area contributed by atoms with Crippen molar-refractivity contribution in [1.82, 2.24) is 0 Å². The minimum absolute atomic E-state index is 0.0124. The first-order valence-corrected chi connectivity index (χ1v) is 8.27. The number of carbonyl (C=O) groups excluding carboxylic acids is 2. The van der Waals surface area contributed by atoms with E-state index >= 15 is 0 Å². The Balaban J connectivity index is 2.65. The van der Waals surface area contributed by atoms with Crippen LogP contribution in [0.25, 0.3) is 0 Å². The highest BCUT2D eigenvalue weighted by Gasteiger charge is 2.29. The summed E-state index contributed by atoms with van der Waals surface area (Å²) in [5.74, 6) is -0.772. The number of alkyl halides is 1. The molecular weight excluding hydrogens is 327 g/mol. The van der Waals surface area contributed by atoms with E-state index < -0.39 is 18.7 Å². The third kappa shape index (κ3) is 8.75. The zero-order valence-electron chi connectivity index (χ0n) is 13.3. The SMILES string of the molecule is CC(=O)OCC1CC(OC(C)=O)CCC(SC(N)=NCCF)O1. The Kier molecular flexibility index (Phi) is 8.93. The second-order valence-corrected chi connectivity index (χ2v) is 6.24. The number of nitrogens with two attached hydrogens (primary N) is 1. The number of nitrogens with zero attached hydrogens (tertiary/aromatic N) is 1. The first-order chi connectivity index (χ1) is 10.9. The summed E-state index contributed by atoms with van der Waals surface area (Å²) in [6.07, 6.45) is 0.917. The molecule has 1 heterocycles. The van der Waals surface area contributed by atoms with Gasteiger partial charge in [-0.15, -0.1) is 0 Å². The maximum Gasteiger partial charge on any atom is 0.302 e. The van der Waals surface area contributed by atoms with Crippen LogP contribution in [0.3, 0.4) is 0 Å². The van der Waals surface area contributed by atoms with E-state index in [4.69, 9.17) is 19.9 Å². The topological polar surface area (TPSA) is 100 Å². The summed E-state index contributed by atoms with van der Waals surface area (Å²) in [4.78, 5) is 26.0. The quantitative estimate of drug-likeness (QED) is 0.439. The average molecular weight is 350 g/mol. The molecule has 0 radical (unpaired) electrons. The van der Waals surface area contributed by atoms with Crippen molar-refractivity contribution in [3.05, 3.63) is 0 Å². The molecule has 132 valence electrons. The number of thioether (sulfide) groups is 1. The predicted molar refractivity (Wildman–Crippen MR) is 84.8 cm³/mol. The van der Waals surface area contributed by atoms with Crippen molar-refractivity contribution in [2.75, 3.05) is 19.8 Å². The van der Waals surface area contributed by atoms with Crippen LogP contribution in [0.4, 0.5) is 4.39 Å². The fourth-order valence-electron chi connectivity index (χ4n) is 2.14. The van der Waals surface area contributed by atoms with Crippen LogP contribution in [0.15, 0.2) is 4.99 Å². The smallest absolute Gasteiger partial charge is 0.302 e. The van der Waals surface area contributed by atoms with E-state index in [2.05, 4.69) is 4.99 Å². The van der Waals surface area contributed by atoms with Gasteiger partial charge in [-0.25, -0.2) is 4.39 Å². The fraction of sp³-hybridized carbons (Fsp3) is 0.786. The molecule has 0 aromatic rings. The number of ether oxygens (including phenoxy) is 3. The van der Waals surface area contributed by atoms with Crippen molar-refractivity contribution in [3.63, 3.8) is 0 Å². The lowest BCUT2D eigenvalue weighted by Gasteiger charge is -2.21. The van der Waals surface area contributed by atoms with Gasteiger partial charge in [-0.2, -0.15) is 0 Å². The van der Waals surface area contributed by atoms with Gasteiger partial charge in [0.2, 0.25) is 0 Å². The number of carbonyl (C=O) groups is 2. The van der Waals surface area contributed by atoms with Crippen LogP contribution in [-0.4, -0.2) is 54.6 Å². The normalized spacial score (nSPS) is 25.5. The van der Waals surface area contributed by atoms with Gasteiger partial charge in [0.15, 0.2) is 5.17 Å². The number of amidine groups is 1. The Morgan fingerprint density at radius 2 is 2.09 bits per heavy atom. The average Bonchev–Trinajstić information content (AvgIpc) is 2.64. The van der Waals surface area contributed by atoms with Crippen LogP contribution in [0.2, 0.25) is 0 Å². The molecule has 0 spiro atoms. The van der Waals surface area contributed by atoms with Crippen molar-refractivity contribution in [1.29, 1.82) is 0 Å². The van der Waals surface area contributed by atoms with Gasteiger partial charge in [-0.1, -0.05) is 11.8 Å². The van der Waals surface area contributed by atoms with Gasteiger partial charge in [0.1, 0.15) is 24.8 Å². The summed E-state index contributed by atoms with van der Waals surface area (Å²) in [5.41, 5.74) is 5.40. The second-order valence-electron chi connectivity index (χ2n) is 5.06. The highest BCUT2D eigenvalue weighted by atomic mass is 32.2. The van der Waals surface area contributed by atoms with Gasteiger partial charge < -0.3 is 19.9 Å². The van der Waals surface area contributed by atoms with E-state index in [-0.39, 0.29) is 35.8 Å². The molecule has 1 saturated heterocycles. The van der Waals surface area contributed by atoms with Crippen LogP contribution in [-0.2, 0) is 23.8 Å². The minimum atomic E-state index is -0.573. The summed E-state index contributed by atoms with van der Waals surface area (Å²) in [6.45, 7) is 2.18. The maximum atomic E-state index is 12.1. The molecule has 0 aliphatic carbocycles. The highest BCUT2D eigenvalue weighted by molar-refractivity contribution is 8.14. The van der Waals surface area contributed by atoms with Crippen LogP contribution in [0.1, 0.15) is 33.1 Å². The number of esters is 2. The number of hydrogen-bond acceptors (Lipinski definition) is 7. The molecule has 0 saturated carbocycles. The Morgan fingerprint density at radius 3 is 2.70 bits per heavy atom. The zero-order valence-corrected chi connectivity index (χ0v) is 14.1. The fourth-order valence-corrected chi connectivity index (χ4v) is 3.04. The lowest BCUT2D eigenvalue weighted by atomic mass is 10.1. The molecule has 0 bridgehead atoms. The van der Waals surface area contributed by atoms with Gasteiger partial charge in [0.25, 0.3) is 0 Å². The first-order valence-electron chi connectivity index (χ1n) is 7.39. The van der Waals surface area contributed by atoms with E-state index in [0.717, 1.165) is 0 Å². The Morgan fingerprint density at radius 1 is 1.35 bits per heavy atom. The second kappa shape index (κ2) is 10.4. The molecule has 1 fully saturated rings. The van der Waals surface area contributed by atoms with Gasteiger partial charge in [-0.3, -0.25) is 14.6 Å². The summed E-state index contributed by atoms with van der Waals surface area (Å²) >= 11 is 1.19. The Bertz CT molecular complexity index is 435. The molecular formula is C14H23FN2O5S. The molecule has 1 aliphatic heterocycles. The minimum Gasteiger partial charge on any atom is -0.463 e. The lowest BCUT2D eigenvalue weighted by Crippen LogP contribution is -2.28. The lowest BCUT2D eigenvalue weighted by molar-refractivity contribution is -0.151. The van der Waals surface area contributed by atoms with Crippen molar-refractivity contribution >= 4 is 28.9 Å². The molecule has 3 unspecified atom stereocenters. The Hall–Kier alpha value is -1.35. The number of hydrogen-bond donors (Lipinski definition) is 1. The van der Waals surface area contributed by atoms with Crippen molar-refractivity contribution in [3.8, 4) is 0 Å². The van der Waals surface area contributed by atoms with E-state index in [0.29, 0.717) is 19.3 Å². The monoisotopic (exact) mass is 350 g/mol. The standard InChI is InChI=1S/C14H23FN2O5S/c1-9(18)20-8-12-7-11(21-10(2)19)3-4-13(22-12)23-14(16)17-6-5-15/h11-13H,3-8H2,1-2H3,(H2,16,17). The maximum absolute atomic E-state index is 12.1. The van der Waals surface area contributed by atoms with Crippen LogP contribution in [0, 0.1) is 0 Å². The van der Waals surface area contributed by atoms with Gasteiger partial charge in [0, 0.05) is 20.3 Å². The van der Waals surface area contributed by atoms with Crippen molar-refractivity contribution in [2.45, 2.75) is 50.8 Å². The number of rotatable bonds is 6. The Labute approximate surface area is 139 Å². The molecule has 3 atom stereocenters. The van der Waals surface area contributed by atoms with Crippen LogP contribution in [0.5, 0.6) is 0 Å². The first kappa shape index (κ1) is 19.7. The molecule has 9 heteroatoms. The summed E-state index contributed by atoms with van der Waals surface area (Å²) < 4.78 is 28.2. The molecule has 1 aliphatic rings. The highest BCUT2D eigenvalue weighted by Crippen LogP contribution is 2.28. The molecule has 7 nitrogen and oxygen atoms in total. The predicted octanol–water partition coefficient (Wildman–Crippen LogP) is 1.39. The van der Waals surface area contributed by atoms with Gasteiger partial charge >= 0.3 is 11.9 Å². The summed E-state index contributed by atoms with van der Waals surface area (Å²) in [5, 5.41) is 0.241. The largest absolute Gasteiger partial charge is 0.463 e. The van der Waals surface area contributed by atoms with E-state index in [1.165, 1.54) is 25.6 Å². The van der Waals surface area contributed by atoms with Crippen LogP contribution >= 0.6 is 11.8 Å². The molecule has 1 rings (SSSR count). The van der Waals surface area contributed by atoms with E-state index in [1.54, 1.807) is 0 Å². The number of halogens is 1. The van der Waals surface area contributed by atoms with Crippen molar-refractivity contribution < 1.29 is 28.2 Å². The van der Waals surface area contributed by atoms with Gasteiger partial charge in [0.05, 0.1) is 12.6 Å². The number of aliphatic imine (C=N–C) groups is 1. The van der Waals surface area contributed by atoms with Crippen LogP contribution < -0.4 is 5.73 Å². The molecule has 23 heavy (non-hydrogen) atoms. The molecule has 0 aromatic heterocycles. The van der Waals surface area contributed by atoms with E-state index in [9.17, 15) is 14.0 Å². The third-order valence-electron chi connectivity index (χ3n) is 3.00. The van der Waals surface area contributed by atoms with E-state index in [1.807, 2.05) is 0 Å². The third-order valence-corrected chi connectivity index (χ3v) is 3.98. The summed E-state index contributed by atoms with van der Waals surface area (Å²) in [7, 11) is 0. The van der Waals surface area contributed by atoms with Gasteiger partial charge in [-0.05, 0) is 12.8 Å². The molecule has 0 amide bonds.